The Hall–Kier alpha value is -3.35. The standard InChI is InChI=1S/C24H30N2O5/c1-17(25-23(29)31-24(2,3)4)21(27)26-20(15-18-11-7-5-8-12-18)22(28)30-16-19-13-9-6-10-14-19/h5-14,17,20H,15-16H2,1-4H3,(H,25,29)(H,26,27). The third kappa shape index (κ3) is 8.90. The molecule has 0 spiro atoms. The zero-order valence-corrected chi connectivity index (χ0v) is 18.4. The molecule has 0 aliphatic carbocycles. The van der Waals surface area contributed by atoms with Crippen LogP contribution in [0.15, 0.2) is 60.7 Å². The molecule has 7 nitrogen and oxygen atoms in total. The molecule has 0 aromatic heterocycles. The fourth-order valence-electron chi connectivity index (χ4n) is 2.72. The van der Waals surface area contributed by atoms with Crippen LogP contribution in [0.1, 0.15) is 38.8 Å². The monoisotopic (exact) mass is 426 g/mol. The summed E-state index contributed by atoms with van der Waals surface area (Å²) in [4.78, 5) is 37.3. The van der Waals surface area contributed by atoms with Gasteiger partial charge in [-0.2, -0.15) is 0 Å². The van der Waals surface area contributed by atoms with Crippen LogP contribution in [0.25, 0.3) is 0 Å². The largest absolute Gasteiger partial charge is 0.459 e. The second-order valence-electron chi connectivity index (χ2n) is 8.21. The second kappa shape index (κ2) is 11.2. The predicted molar refractivity (Wildman–Crippen MR) is 117 cm³/mol. The molecule has 7 heteroatoms. The molecule has 2 amide bonds. The summed E-state index contributed by atoms with van der Waals surface area (Å²) in [6, 6.07) is 16.8. The summed E-state index contributed by atoms with van der Waals surface area (Å²) in [6.07, 6.45) is -0.444. The van der Waals surface area contributed by atoms with Gasteiger partial charge in [0.1, 0.15) is 24.3 Å². The van der Waals surface area contributed by atoms with Gasteiger partial charge in [0, 0.05) is 6.42 Å². The molecular weight excluding hydrogens is 396 g/mol. The molecule has 31 heavy (non-hydrogen) atoms. The minimum Gasteiger partial charge on any atom is -0.459 e. The molecule has 2 rings (SSSR count). The molecule has 0 bridgehead atoms. The molecule has 2 N–H and O–H groups in total. The van der Waals surface area contributed by atoms with Crippen molar-refractivity contribution in [3.63, 3.8) is 0 Å². The van der Waals surface area contributed by atoms with Gasteiger partial charge in [0.2, 0.25) is 5.91 Å². The van der Waals surface area contributed by atoms with Crippen molar-refractivity contribution in [2.45, 2.75) is 58.4 Å². The van der Waals surface area contributed by atoms with E-state index in [-0.39, 0.29) is 13.0 Å². The number of carbonyl (C=O) groups is 3. The van der Waals surface area contributed by atoms with Gasteiger partial charge in [-0.25, -0.2) is 9.59 Å². The van der Waals surface area contributed by atoms with E-state index in [1.807, 2.05) is 60.7 Å². The van der Waals surface area contributed by atoms with Crippen molar-refractivity contribution in [1.82, 2.24) is 10.6 Å². The van der Waals surface area contributed by atoms with Crippen LogP contribution < -0.4 is 10.6 Å². The molecular formula is C24H30N2O5. The topological polar surface area (TPSA) is 93.7 Å². The number of carbonyl (C=O) groups excluding carboxylic acids is 3. The van der Waals surface area contributed by atoms with Crippen LogP contribution in [0.2, 0.25) is 0 Å². The number of benzene rings is 2. The summed E-state index contributed by atoms with van der Waals surface area (Å²) in [5, 5.41) is 5.16. The molecule has 0 saturated carbocycles. The summed E-state index contributed by atoms with van der Waals surface area (Å²) < 4.78 is 10.6. The molecule has 2 atom stereocenters. The maximum Gasteiger partial charge on any atom is 0.408 e. The molecule has 0 saturated heterocycles. The molecule has 2 aromatic rings. The number of nitrogens with one attached hydrogen (secondary N) is 2. The van der Waals surface area contributed by atoms with E-state index in [4.69, 9.17) is 9.47 Å². The summed E-state index contributed by atoms with van der Waals surface area (Å²) in [6.45, 7) is 6.82. The van der Waals surface area contributed by atoms with E-state index in [0.29, 0.717) is 0 Å². The van der Waals surface area contributed by atoms with Gasteiger partial charge in [-0.1, -0.05) is 60.7 Å². The smallest absolute Gasteiger partial charge is 0.408 e. The average Bonchev–Trinajstić information content (AvgIpc) is 2.71. The first kappa shape index (κ1) is 23.9. The lowest BCUT2D eigenvalue weighted by molar-refractivity contribution is -0.149. The molecule has 0 fully saturated rings. The van der Waals surface area contributed by atoms with Crippen molar-refractivity contribution in [3.05, 3.63) is 71.8 Å². The van der Waals surface area contributed by atoms with Gasteiger partial charge in [-0.15, -0.1) is 0 Å². The van der Waals surface area contributed by atoms with E-state index in [1.54, 1.807) is 20.8 Å². The van der Waals surface area contributed by atoms with E-state index in [9.17, 15) is 14.4 Å². The zero-order valence-electron chi connectivity index (χ0n) is 18.4. The van der Waals surface area contributed by atoms with Gasteiger partial charge in [0.15, 0.2) is 0 Å². The fraction of sp³-hybridized carbons (Fsp3) is 0.375. The van der Waals surface area contributed by atoms with Crippen molar-refractivity contribution >= 4 is 18.0 Å². The molecule has 0 radical (unpaired) electrons. The highest BCUT2D eigenvalue weighted by molar-refractivity contribution is 5.89. The number of alkyl carbamates (subject to hydrolysis) is 1. The van der Waals surface area contributed by atoms with Gasteiger partial charge in [-0.05, 0) is 38.8 Å². The van der Waals surface area contributed by atoms with Crippen molar-refractivity contribution in [2.75, 3.05) is 0 Å². The van der Waals surface area contributed by atoms with Gasteiger partial charge in [-0.3, -0.25) is 4.79 Å². The third-order valence-corrected chi connectivity index (χ3v) is 4.23. The summed E-state index contributed by atoms with van der Waals surface area (Å²) in [5.41, 5.74) is 1.04. The molecule has 0 aliphatic rings. The molecule has 2 aromatic carbocycles. The summed E-state index contributed by atoms with van der Waals surface area (Å²) >= 11 is 0. The second-order valence-corrected chi connectivity index (χ2v) is 8.21. The van der Waals surface area contributed by atoms with E-state index >= 15 is 0 Å². The lowest BCUT2D eigenvalue weighted by Crippen LogP contribution is -2.52. The third-order valence-electron chi connectivity index (χ3n) is 4.23. The van der Waals surface area contributed by atoms with Crippen LogP contribution in [0.5, 0.6) is 0 Å². The molecule has 0 heterocycles. The molecule has 2 unspecified atom stereocenters. The minimum atomic E-state index is -0.901. The predicted octanol–water partition coefficient (Wildman–Crippen LogP) is 3.37. The van der Waals surface area contributed by atoms with Gasteiger partial charge in [0.05, 0.1) is 0 Å². The minimum absolute atomic E-state index is 0.104. The lowest BCUT2D eigenvalue weighted by atomic mass is 10.1. The number of amides is 2. The number of esters is 1. The van der Waals surface area contributed by atoms with Crippen molar-refractivity contribution in [3.8, 4) is 0 Å². The first-order valence-corrected chi connectivity index (χ1v) is 10.2. The van der Waals surface area contributed by atoms with Gasteiger partial charge < -0.3 is 20.1 Å². The first-order valence-electron chi connectivity index (χ1n) is 10.2. The van der Waals surface area contributed by atoms with Crippen molar-refractivity contribution < 1.29 is 23.9 Å². The average molecular weight is 427 g/mol. The van der Waals surface area contributed by atoms with Gasteiger partial charge >= 0.3 is 12.1 Å². The number of hydrogen-bond acceptors (Lipinski definition) is 5. The van der Waals surface area contributed by atoms with Crippen LogP contribution in [-0.4, -0.2) is 35.7 Å². The van der Waals surface area contributed by atoms with Gasteiger partial charge in [0.25, 0.3) is 0 Å². The molecule has 0 aliphatic heterocycles. The SMILES string of the molecule is CC(NC(=O)OC(C)(C)C)C(=O)NC(Cc1ccccc1)C(=O)OCc1ccccc1. The highest BCUT2D eigenvalue weighted by atomic mass is 16.6. The Kier molecular flexibility index (Phi) is 8.61. The Balaban J connectivity index is 2.02. The highest BCUT2D eigenvalue weighted by Crippen LogP contribution is 2.09. The van der Waals surface area contributed by atoms with E-state index in [1.165, 1.54) is 6.92 Å². The van der Waals surface area contributed by atoms with Crippen molar-refractivity contribution in [2.24, 2.45) is 0 Å². The van der Waals surface area contributed by atoms with Crippen LogP contribution in [0.4, 0.5) is 4.79 Å². The lowest BCUT2D eigenvalue weighted by Gasteiger charge is -2.23. The number of hydrogen-bond donors (Lipinski definition) is 2. The van der Waals surface area contributed by atoms with E-state index < -0.39 is 35.7 Å². The zero-order chi connectivity index (χ0) is 22.9. The first-order chi connectivity index (χ1) is 14.6. The Labute approximate surface area is 183 Å². The maximum absolute atomic E-state index is 12.7. The molecule has 166 valence electrons. The van der Waals surface area contributed by atoms with E-state index in [0.717, 1.165) is 11.1 Å². The Morgan fingerprint density at radius 1 is 0.871 bits per heavy atom. The van der Waals surface area contributed by atoms with Crippen LogP contribution in [0, 0.1) is 0 Å². The highest BCUT2D eigenvalue weighted by Gasteiger charge is 2.27. The van der Waals surface area contributed by atoms with Crippen LogP contribution >= 0.6 is 0 Å². The maximum atomic E-state index is 12.7. The van der Waals surface area contributed by atoms with E-state index in [2.05, 4.69) is 10.6 Å². The normalized spacial score (nSPS) is 12.9. The Bertz CT molecular complexity index is 863. The van der Waals surface area contributed by atoms with Crippen LogP contribution in [0.3, 0.4) is 0 Å². The van der Waals surface area contributed by atoms with Crippen molar-refractivity contribution in [1.29, 1.82) is 0 Å². The summed E-state index contributed by atoms with van der Waals surface area (Å²) in [5.74, 6) is -1.06. The quantitative estimate of drug-likeness (QED) is 0.631. The number of ether oxygens (including phenoxy) is 2. The fourth-order valence-corrected chi connectivity index (χ4v) is 2.72. The Morgan fingerprint density at radius 2 is 1.42 bits per heavy atom. The number of rotatable bonds is 8. The Morgan fingerprint density at radius 3 is 1.97 bits per heavy atom. The van der Waals surface area contributed by atoms with Crippen LogP contribution in [-0.2, 0) is 32.1 Å². The summed E-state index contributed by atoms with van der Waals surface area (Å²) in [7, 11) is 0.